The molecule has 0 radical (unpaired) electrons. The standard InChI is InChI=1S/C22H30N6O2/c1-24-7-6-22(23)27-16-2-4-18(5-3-16)30-21-13-17(28-8-10-29-11-9-28)12-20-19(21)14-25-15-26-20/h6-7,12-16,18,24H,2-5,8-11H2,1H3,(H2,23,27)/b7-6-/t16-,18+. The molecular formula is C22H30N6O2. The summed E-state index contributed by atoms with van der Waals surface area (Å²) in [6.07, 6.45) is 11.0. The summed E-state index contributed by atoms with van der Waals surface area (Å²) in [6, 6.07) is 4.55. The lowest BCUT2D eigenvalue weighted by Gasteiger charge is -2.31. The molecule has 1 aliphatic heterocycles. The molecule has 8 heteroatoms. The molecule has 2 aromatic rings. The quantitative estimate of drug-likeness (QED) is 0.497. The van der Waals surface area contributed by atoms with Crippen LogP contribution in [0, 0.1) is 5.41 Å². The number of hydrogen-bond acceptors (Lipinski definition) is 7. The second-order valence-electron chi connectivity index (χ2n) is 7.77. The van der Waals surface area contributed by atoms with Crippen molar-refractivity contribution in [2.24, 2.45) is 0 Å². The predicted octanol–water partition coefficient (Wildman–Crippen LogP) is 2.46. The second-order valence-corrected chi connectivity index (χ2v) is 7.77. The highest BCUT2D eigenvalue weighted by Crippen LogP contribution is 2.33. The third-order valence-electron chi connectivity index (χ3n) is 5.69. The number of nitrogens with zero attached hydrogens (tertiary/aromatic N) is 3. The van der Waals surface area contributed by atoms with Crippen molar-refractivity contribution in [3.8, 4) is 5.75 Å². The van der Waals surface area contributed by atoms with Crippen molar-refractivity contribution in [1.29, 1.82) is 5.41 Å². The van der Waals surface area contributed by atoms with E-state index in [-0.39, 0.29) is 6.10 Å². The lowest BCUT2D eigenvalue weighted by atomic mass is 9.93. The Labute approximate surface area is 177 Å². The first-order valence-electron chi connectivity index (χ1n) is 10.6. The second kappa shape index (κ2) is 9.75. The molecule has 0 spiro atoms. The number of morpholine rings is 1. The van der Waals surface area contributed by atoms with E-state index in [9.17, 15) is 0 Å². The number of fused-ring (bicyclic) bond motifs is 1. The van der Waals surface area contributed by atoms with Crippen molar-refractivity contribution < 1.29 is 9.47 Å². The van der Waals surface area contributed by atoms with E-state index in [4.69, 9.17) is 14.9 Å². The zero-order valence-corrected chi connectivity index (χ0v) is 17.4. The van der Waals surface area contributed by atoms with Crippen molar-refractivity contribution in [3.63, 3.8) is 0 Å². The monoisotopic (exact) mass is 410 g/mol. The van der Waals surface area contributed by atoms with Crippen LogP contribution >= 0.6 is 0 Å². The Bertz CT molecular complexity index is 888. The molecule has 160 valence electrons. The summed E-state index contributed by atoms with van der Waals surface area (Å²) < 4.78 is 12.0. The normalized spacial score (nSPS) is 22.2. The molecule has 1 aromatic carbocycles. The maximum Gasteiger partial charge on any atom is 0.132 e. The van der Waals surface area contributed by atoms with Gasteiger partial charge in [-0.05, 0) is 44.0 Å². The zero-order valence-electron chi connectivity index (χ0n) is 17.4. The minimum atomic E-state index is 0.161. The molecule has 2 aliphatic rings. The van der Waals surface area contributed by atoms with E-state index >= 15 is 0 Å². The van der Waals surface area contributed by atoms with Crippen LogP contribution in [0.5, 0.6) is 5.75 Å². The fourth-order valence-corrected chi connectivity index (χ4v) is 4.08. The molecule has 8 nitrogen and oxygen atoms in total. The van der Waals surface area contributed by atoms with Gasteiger partial charge in [0.2, 0.25) is 0 Å². The van der Waals surface area contributed by atoms with Crippen LogP contribution in [0.2, 0.25) is 0 Å². The molecule has 2 heterocycles. The number of rotatable bonds is 6. The Kier molecular flexibility index (Phi) is 6.63. The van der Waals surface area contributed by atoms with Crippen LogP contribution < -0.4 is 20.3 Å². The molecule has 0 amide bonds. The number of benzene rings is 1. The van der Waals surface area contributed by atoms with Gasteiger partial charge in [0.05, 0.1) is 30.2 Å². The number of ether oxygens (including phenoxy) is 2. The molecule has 0 unspecified atom stereocenters. The van der Waals surface area contributed by atoms with E-state index in [1.54, 1.807) is 18.6 Å². The lowest BCUT2D eigenvalue weighted by molar-refractivity contribution is 0.122. The smallest absolute Gasteiger partial charge is 0.132 e. The number of nitrogens with one attached hydrogen (secondary N) is 3. The highest BCUT2D eigenvalue weighted by Gasteiger charge is 2.24. The Morgan fingerprint density at radius 2 is 2.03 bits per heavy atom. The van der Waals surface area contributed by atoms with Gasteiger partial charge in [-0.3, -0.25) is 5.41 Å². The van der Waals surface area contributed by atoms with E-state index < -0.39 is 0 Å². The van der Waals surface area contributed by atoms with Crippen molar-refractivity contribution in [1.82, 2.24) is 20.6 Å². The van der Waals surface area contributed by atoms with Crippen LogP contribution in [0.3, 0.4) is 0 Å². The molecule has 4 rings (SSSR count). The Hall–Kier alpha value is -2.87. The van der Waals surface area contributed by atoms with Gasteiger partial charge in [-0.15, -0.1) is 0 Å². The summed E-state index contributed by atoms with van der Waals surface area (Å²) in [7, 11) is 1.83. The Morgan fingerprint density at radius 3 is 2.80 bits per heavy atom. The Balaban J connectivity index is 1.43. The zero-order chi connectivity index (χ0) is 20.8. The van der Waals surface area contributed by atoms with E-state index in [1.807, 2.05) is 13.2 Å². The molecule has 1 aromatic heterocycles. The lowest BCUT2D eigenvalue weighted by Crippen LogP contribution is -2.39. The van der Waals surface area contributed by atoms with Crippen molar-refractivity contribution in [2.45, 2.75) is 37.8 Å². The molecule has 1 aliphatic carbocycles. The molecule has 2 fully saturated rings. The largest absolute Gasteiger partial charge is 0.490 e. The van der Waals surface area contributed by atoms with Crippen molar-refractivity contribution >= 4 is 22.4 Å². The van der Waals surface area contributed by atoms with Crippen molar-refractivity contribution in [3.05, 3.63) is 36.9 Å². The van der Waals surface area contributed by atoms with Crippen LogP contribution in [-0.2, 0) is 4.74 Å². The summed E-state index contributed by atoms with van der Waals surface area (Å²) in [5.74, 6) is 1.30. The highest BCUT2D eigenvalue weighted by molar-refractivity contribution is 5.90. The van der Waals surface area contributed by atoms with Crippen LogP contribution in [-0.4, -0.2) is 61.3 Å². The number of hydrogen-bond donors (Lipinski definition) is 3. The number of aromatic nitrogens is 2. The molecular weight excluding hydrogens is 380 g/mol. The highest BCUT2D eigenvalue weighted by atomic mass is 16.5. The molecule has 1 saturated carbocycles. The Morgan fingerprint density at radius 1 is 1.23 bits per heavy atom. The minimum Gasteiger partial charge on any atom is -0.490 e. The van der Waals surface area contributed by atoms with Gasteiger partial charge in [0, 0.05) is 44.1 Å². The van der Waals surface area contributed by atoms with Crippen LogP contribution in [0.1, 0.15) is 25.7 Å². The summed E-state index contributed by atoms with van der Waals surface area (Å²) in [6.45, 7) is 3.24. The van der Waals surface area contributed by atoms with Crippen LogP contribution in [0.4, 0.5) is 5.69 Å². The van der Waals surface area contributed by atoms with E-state index in [2.05, 4.69) is 37.6 Å². The van der Waals surface area contributed by atoms with E-state index in [1.165, 1.54) is 0 Å². The molecule has 0 bridgehead atoms. The van der Waals surface area contributed by atoms with Gasteiger partial charge in [0.15, 0.2) is 0 Å². The first kappa shape index (κ1) is 20.4. The van der Waals surface area contributed by atoms with Gasteiger partial charge >= 0.3 is 0 Å². The molecule has 1 saturated heterocycles. The summed E-state index contributed by atoms with van der Waals surface area (Å²) >= 11 is 0. The van der Waals surface area contributed by atoms with Crippen LogP contribution in [0.15, 0.2) is 36.9 Å². The van der Waals surface area contributed by atoms with Gasteiger partial charge in [0.1, 0.15) is 17.9 Å². The first-order chi connectivity index (χ1) is 14.7. The summed E-state index contributed by atoms with van der Waals surface area (Å²) in [4.78, 5) is 11.0. The van der Waals surface area contributed by atoms with Gasteiger partial charge in [-0.25, -0.2) is 9.97 Å². The van der Waals surface area contributed by atoms with Gasteiger partial charge in [-0.2, -0.15) is 0 Å². The van der Waals surface area contributed by atoms with E-state index in [0.717, 1.165) is 74.3 Å². The fourth-order valence-electron chi connectivity index (χ4n) is 4.08. The summed E-state index contributed by atoms with van der Waals surface area (Å²) in [5.41, 5.74) is 2.03. The maximum atomic E-state index is 7.97. The predicted molar refractivity (Wildman–Crippen MR) is 118 cm³/mol. The van der Waals surface area contributed by atoms with E-state index in [0.29, 0.717) is 11.9 Å². The average molecular weight is 411 g/mol. The van der Waals surface area contributed by atoms with Gasteiger partial charge in [-0.1, -0.05) is 0 Å². The van der Waals surface area contributed by atoms with Gasteiger partial charge in [0.25, 0.3) is 0 Å². The first-order valence-corrected chi connectivity index (χ1v) is 10.6. The topological polar surface area (TPSA) is 95.4 Å². The SMILES string of the molecule is CN/C=C\C(=N)N[C@H]1CC[C@@H](Oc2cc(N3CCOCC3)cc3ncncc23)CC1. The minimum absolute atomic E-state index is 0.161. The van der Waals surface area contributed by atoms with Crippen molar-refractivity contribution in [2.75, 3.05) is 38.3 Å². The number of anilines is 1. The molecule has 30 heavy (non-hydrogen) atoms. The number of amidine groups is 1. The molecule has 0 atom stereocenters. The van der Waals surface area contributed by atoms with Gasteiger partial charge < -0.3 is 25.0 Å². The maximum absolute atomic E-state index is 7.97. The average Bonchev–Trinajstić information content (AvgIpc) is 2.79. The summed E-state index contributed by atoms with van der Waals surface area (Å²) in [5, 5.41) is 15.1. The third-order valence-corrected chi connectivity index (χ3v) is 5.69. The third kappa shape index (κ3) is 4.99. The molecule has 3 N–H and O–H groups in total. The fraction of sp³-hybridized carbons (Fsp3) is 0.500. The van der Waals surface area contributed by atoms with Crippen LogP contribution in [0.25, 0.3) is 10.9 Å².